The van der Waals surface area contributed by atoms with Crippen LogP contribution in [0.2, 0.25) is 0 Å². The highest BCUT2D eigenvalue weighted by atomic mass is 16.5. The molecule has 1 aliphatic rings. The van der Waals surface area contributed by atoms with E-state index >= 15 is 0 Å². The predicted octanol–water partition coefficient (Wildman–Crippen LogP) is 1.90. The van der Waals surface area contributed by atoms with Gasteiger partial charge in [-0.05, 0) is 37.3 Å². The fourth-order valence-corrected chi connectivity index (χ4v) is 3.30. The second kappa shape index (κ2) is 10.1. The minimum atomic E-state index is -0.0216. The fraction of sp³-hybridized carbons (Fsp3) is 0.524. The lowest BCUT2D eigenvalue weighted by atomic mass is 10.1. The zero-order valence-corrected chi connectivity index (χ0v) is 16.8. The van der Waals surface area contributed by atoms with E-state index < -0.39 is 0 Å². The molecule has 0 radical (unpaired) electrons. The minimum absolute atomic E-state index is 0.0216. The smallest absolute Gasteiger partial charge is 0.243 e. The van der Waals surface area contributed by atoms with Crippen LogP contribution in [0.1, 0.15) is 24.8 Å². The van der Waals surface area contributed by atoms with Crippen LogP contribution < -0.4 is 10.6 Å². The Morgan fingerprint density at radius 2 is 2.14 bits per heavy atom. The molecule has 3 rings (SSSR count). The van der Waals surface area contributed by atoms with Crippen LogP contribution in [0.3, 0.4) is 0 Å². The van der Waals surface area contributed by atoms with Crippen molar-refractivity contribution >= 4 is 22.8 Å². The number of para-hydroxylation sites is 1. The number of nitrogens with zero attached hydrogens (tertiary/aromatic N) is 2. The molecule has 0 saturated carbocycles. The van der Waals surface area contributed by atoms with Gasteiger partial charge < -0.3 is 25.3 Å². The normalized spacial score (nSPS) is 17.5. The first kappa shape index (κ1) is 20.2. The molecule has 1 amide bonds. The summed E-state index contributed by atoms with van der Waals surface area (Å²) in [5.74, 6) is 0.635. The van der Waals surface area contributed by atoms with Crippen LogP contribution in [-0.2, 0) is 16.0 Å². The van der Waals surface area contributed by atoms with Crippen molar-refractivity contribution in [1.29, 1.82) is 0 Å². The number of rotatable bonds is 7. The molecule has 0 spiro atoms. The molecule has 1 atom stereocenters. The highest BCUT2D eigenvalue weighted by Gasteiger charge is 2.14. The number of carbonyl (C=O) groups excluding carboxylic acids is 1. The second-order valence-corrected chi connectivity index (χ2v) is 7.36. The van der Waals surface area contributed by atoms with Crippen molar-refractivity contribution < 1.29 is 9.53 Å². The molecule has 1 aromatic heterocycles. The van der Waals surface area contributed by atoms with E-state index in [-0.39, 0.29) is 18.6 Å². The Hall–Kier alpha value is -2.54. The summed E-state index contributed by atoms with van der Waals surface area (Å²) < 4.78 is 5.78. The van der Waals surface area contributed by atoms with Gasteiger partial charge >= 0.3 is 0 Å². The number of guanidine groups is 1. The van der Waals surface area contributed by atoms with Gasteiger partial charge in [-0.2, -0.15) is 0 Å². The number of hydrogen-bond donors (Lipinski definition) is 3. The SMILES string of the molecule is CN(C)C(=O)CN=C(NCCc1c[nH]c2ccccc12)NCC1CCCCO1. The van der Waals surface area contributed by atoms with Crippen molar-refractivity contribution in [3.05, 3.63) is 36.0 Å². The number of likely N-dealkylation sites (N-methyl/N-ethyl adjacent to an activating group) is 1. The summed E-state index contributed by atoms with van der Waals surface area (Å²) in [5, 5.41) is 7.94. The Morgan fingerprint density at radius 3 is 2.93 bits per heavy atom. The first-order chi connectivity index (χ1) is 13.6. The molecule has 28 heavy (non-hydrogen) atoms. The second-order valence-electron chi connectivity index (χ2n) is 7.36. The quantitative estimate of drug-likeness (QED) is 0.502. The molecular weight excluding hydrogens is 354 g/mol. The van der Waals surface area contributed by atoms with E-state index in [1.807, 2.05) is 6.07 Å². The molecule has 152 valence electrons. The van der Waals surface area contributed by atoms with Crippen molar-refractivity contribution in [2.45, 2.75) is 31.8 Å². The highest BCUT2D eigenvalue weighted by molar-refractivity contribution is 5.85. The molecule has 7 heteroatoms. The van der Waals surface area contributed by atoms with E-state index in [2.05, 4.69) is 45.0 Å². The predicted molar refractivity (Wildman–Crippen MR) is 113 cm³/mol. The van der Waals surface area contributed by atoms with E-state index in [4.69, 9.17) is 4.74 Å². The topological polar surface area (TPSA) is 81.8 Å². The van der Waals surface area contributed by atoms with Crippen LogP contribution in [0.5, 0.6) is 0 Å². The number of aromatic amines is 1. The van der Waals surface area contributed by atoms with Crippen molar-refractivity contribution in [1.82, 2.24) is 20.5 Å². The lowest BCUT2D eigenvalue weighted by Crippen LogP contribution is -2.43. The standard InChI is InChI=1S/C21H31N5O2/c1-26(2)20(27)15-25-21(24-14-17-7-5-6-12-28-17)22-11-10-16-13-23-19-9-4-3-8-18(16)19/h3-4,8-9,13,17,23H,5-7,10-12,14-15H2,1-2H3,(H2,22,24,25). The Kier molecular flexibility index (Phi) is 7.31. The third-order valence-electron chi connectivity index (χ3n) is 5.00. The summed E-state index contributed by atoms with van der Waals surface area (Å²) in [6, 6.07) is 8.30. The van der Waals surface area contributed by atoms with Gasteiger partial charge in [0.25, 0.3) is 0 Å². The molecule has 1 unspecified atom stereocenters. The summed E-state index contributed by atoms with van der Waals surface area (Å²) >= 11 is 0. The van der Waals surface area contributed by atoms with Crippen molar-refractivity contribution in [3.8, 4) is 0 Å². The number of amides is 1. The number of benzene rings is 1. The van der Waals surface area contributed by atoms with Gasteiger partial charge in [0.15, 0.2) is 5.96 Å². The Morgan fingerprint density at radius 1 is 1.29 bits per heavy atom. The first-order valence-corrected chi connectivity index (χ1v) is 10.0. The van der Waals surface area contributed by atoms with E-state index in [0.717, 1.165) is 37.9 Å². The van der Waals surface area contributed by atoms with E-state index in [9.17, 15) is 4.79 Å². The molecule has 3 N–H and O–H groups in total. The van der Waals surface area contributed by atoms with Gasteiger partial charge in [-0.25, -0.2) is 4.99 Å². The highest BCUT2D eigenvalue weighted by Crippen LogP contribution is 2.17. The zero-order chi connectivity index (χ0) is 19.8. The average Bonchev–Trinajstić information content (AvgIpc) is 3.13. The summed E-state index contributed by atoms with van der Waals surface area (Å²) in [5.41, 5.74) is 2.41. The molecular formula is C21H31N5O2. The number of carbonyl (C=O) groups is 1. The van der Waals surface area contributed by atoms with Gasteiger partial charge in [0.1, 0.15) is 6.54 Å². The molecule has 1 aromatic carbocycles. The van der Waals surface area contributed by atoms with E-state index in [1.54, 1.807) is 19.0 Å². The molecule has 1 saturated heterocycles. The number of aromatic nitrogens is 1. The monoisotopic (exact) mass is 385 g/mol. The largest absolute Gasteiger partial charge is 0.376 e. The number of H-pyrrole nitrogens is 1. The first-order valence-electron chi connectivity index (χ1n) is 10.0. The number of ether oxygens (including phenoxy) is 1. The fourth-order valence-electron chi connectivity index (χ4n) is 3.30. The third-order valence-corrected chi connectivity index (χ3v) is 5.00. The van der Waals surface area contributed by atoms with Gasteiger partial charge in [0.2, 0.25) is 5.91 Å². The maximum absolute atomic E-state index is 11.9. The van der Waals surface area contributed by atoms with Gasteiger partial charge in [-0.1, -0.05) is 18.2 Å². The number of fused-ring (bicyclic) bond motifs is 1. The summed E-state index contributed by atoms with van der Waals surface area (Å²) in [6.07, 6.45) is 6.53. The zero-order valence-electron chi connectivity index (χ0n) is 16.8. The van der Waals surface area contributed by atoms with Crippen LogP contribution in [-0.4, -0.2) is 68.2 Å². The maximum Gasteiger partial charge on any atom is 0.243 e. The van der Waals surface area contributed by atoms with Crippen LogP contribution >= 0.6 is 0 Å². The van der Waals surface area contributed by atoms with Crippen LogP contribution in [0, 0.1) is 0 Å². The molecule has 0 bridgehead atoms. The minimum Gasteiger partial charge on any atom is -0.376 e. The van der Waals surface area contributed by atoms with Crippen molar-refractivity contribution in [2.24, 2.45) is 4.99 Å². The maximum atomic E-state index is 11.9. The summed E-state index contributed by atoms with van der Waals surface area (Å²) in [4.78, 5) is 21.2. The molecule has 2 aromatic rings. The Balaban J connectivity index is 1.55. The molecule has 2 heterocycles. The summed E-state index contributed by atoms with van der Waals surface area (Å²) in [6.45, 7) is 2.39. The van der Waals surface area contributed by atoms with E-state index in [0.29, 0.717) is 12.5 Å². The Labute approximate surface area is 166 Å². The molecule has 0 aliphatic carbocycles. The lowest BCUT2D eigenvalue weighted by molar-refractivity contribution is -0.127. The Bertz CT molecular complexity index is 793. The van der Waals surface area contributed by atoms with Crippen LogP contribution in [0.4, 0.5) is 0 Å². The van der Waals surface area contributed by atoms with Gasteiger partial charge in [-0.3, -0.25) is 4.79 Å². The van der Waals surface area contributed by atoms with Crippen molar-refractivity contribution in [3.63, 3.8) is 0 Å². The lowest BCUT2D eigenvalue weighted by Gasteiger charge is -2.24. The average molecular weight is 386 g/mol. The van der Waals surface area contributed by atoms with Crippen molar-refractivity contribution in [2.75, 3.05) is 40.3 Å². The van der Waals surface area contributed by atoms with Gasteiger partial charge in [0.05, 0.1) is 6.10 Å². The van der Waals surface area contributed by atoms with E-state index in [1.165, 1.54) is 17.4 Å². The summed E-state index contributed by atoms with van der Waals surface area (Å²) in [7, 11) is 3.48. The molecule has 1 fully saturated rings. The van der Waals surface area contributed by atoms with Gasteiger partial charge in [-0.15, -0.1) is 0 Å². The molecule has 1 aliphatic heterocycles. The third kappa shape index (κ3) is 5.73. The van der Waals surface area contributed by atoms with Gasteiger partial charge in [0, 0.05) is 50.9 Å². The number of aliphatic imine (C=N–C) groups is 1. The van der Waals surface area contributed by atoms with Crippen LogP contribution in [0.25, 0.3) is 10.9 Å². The number of nitrogens with one attached hydrogen (secondary N) is 3. The van der Waals surface area contributed by atoms with Crippen LogP contribution in [0.15, 0.2) is 35.5 Å². The molecule has 7 nitrogen and oxygen atoms in total. The number of hydrogen-bond acceptors (Lipinski definition) is 3.